The Morgan fingerprint density at radius 1 is 1.32 bits per heavy atom. The second-order valence-electron chi connectivity index (χ2n) is 6.33. The van der Waals surface area contributed by atoms with Crippen LogP contribution in [0.25, 0.3) is 0 Å². The fourth-order valence-electron chi connectivity index (χ4n) is 2.44. The maximum Gasteiger partial charge on any atom is 0.410 e. The molecular formula is C14H20N2O5S. The standard InChI is InChI=1S/C14H20N2O5S/c1-14(2,3)21-12(19)15-6-4-5-9(15)10(17)7-16-11(18)8-22-13(16)20/h9H,4-8H2,1-3H3/t9-/m1/s1. The van der Waals surface area contributed by atoms with Crippen molar-refractivity contribution >= 4 is 34.8 Å². The number of carbonyl (C=O) groups is 4. The van der Waals surface area contributed by atoms with Crippen LogP contribution >= 0.6 is 11.8 Å². The highest BCUT2D eigenvalue weighted by atomic mass is 32.2. The van der Waals surface area contributed by atoms with E-state index in [1.807, 2.05) is 0 Å². The molecule has 0 spiro atoms. The van der Waals surface area contributed by atoms with E-state index in [2.05, 4.69) is 0 Å². The minimum atomic E-state index is -0.634. The summed E-state index contributed by atoms with van der Waals surface area (Å²) in [5.74, 6) is -0.579. The van der Waals surface area contributed by atoms with Gasteiger partial charge in [0.15, 0.2) is 5.78 Å². The number of ketones is 1. The fourth-order valence-corrected chi connectivity index (χ4v) is 3.16. The summed E-state index contributed by atoms with van der Waals surface area (Å²) < 4.78 is 5.30. The summed E-state index contributed by atoms with van der Waals surface area (Å²) in [6.07, 6.45) is 0.699. The van der Waals surface area contributed by atoms with Crippen LogP contribution in [0.4, 0.5) is 9.59 Å². The largest absolute Gasteiger partial charge is 0.444 e. The van der Waals surface area contributed by atoms with Crippen molar-refractivity contribution in [3.63, 3.8) is 0 Å². The number of nitrogens with zero attached hydrogens (tertiary/aromatic N) is 2. The van der Waals surface area contributed by atoms with E-state index in [-0.39, 0.29) is 24.0 Å². The summed E-state index contributed by atoms with van der Waals surface area (Å²) in [4.78, 5) is 50.0. The highest BCUT2D eigenvalue weighted by Gasteiger charge is 2.39. The lowest BCUT2D eigenvalue weighted by atomic mass is 10.1. The number of amides is 3. The summed E-state index contributed by atoms with van der Waals surface area (Å²) in [5, 5.41) is -0.403. The van der Waals surface area contributed by atoms with Crippen molar-refractivity contribution < 1.29 is 23.9 Å². The summed E-state index contributed by atoms with van der Waals surface area (Å²) in [5.41, 5.74) is -0.634. The summed E-state index contributed by atoms with van der Waals surface area (Å²) in [6, 6.07) is -0.624. The second-order valence-corrected chi connectivity index (χ2v) is 7.26. The molecule has 2 fully saturated rings. The monoisotopic (exact) mass is 328 g/mol. The minimum absolute atomic E-state index is 0.0760. The van der Waals surface area contributed by atoms with E-state index < -0.39 is 23.0 Å². The molecule has 8 heteroatoms. The highest BCUT2D eigenvalue weighted by molar-refractivity contribution is 8.14. The molecule has 3 amide bonds. The molecule has 1 atom stereocenters. The lowest BCUT2D eigenvalue weighted by Gasteiger charge is -2.28. The Labute approximate surface area is 133 Å². The quantitative estimate of drug-likeness (QED) is 0.783. The van der Waals surface area contributed by atoms with Crippen molar-refractivity contribution in [1.82, 2.24) is 9.80 Å². The number of carbonyl (C=O) groups excluding carboxylic acids is 4. The fraction of sp³-hybridized carbons (Fsp3) is 0.714. The lowest BCUT2D eigenvalue weighted by Crippen LogP contribution is -2.47. The first-order valence-electron chi connectivity index (χ1n) is 7.18. The number of hydrogen-bond donors (Lipinski definition) is 0. The van der Waals surface area contributed by atoms with E-state index in [1.165, 1.54) is 4.90 Å². The van der Waals surface area contributed by atoms with E-state index in [9.17, 15) is 19.2 Å². The van der Waals surface area contributed by atoms with E-state index in [0.717, 1.165) is 16.7 Å². The highest BCUT2D eigenvalue weighted by Crippen LogP contribution is 2.24. The van der Waals surface area contributed by atoms with Crippen LogP contribution in [0.15, 0.2) is 0 Å². The molecule has 2 saturated heterocycles. The molecule has 0 aromatic rings. The van der Waals surface area contributed by atoms with E-state index >= 15 is 0 Å². The van der Waals surface area contributed by atoms with Crippen molar-refractivity contribution in [3.8, 4) is 0 Å². The molecule has 0 aliphatic carbocycles. The molecule has 0 unspecified atom stereocenters. The molecule has 0 saturated carbocycles. The summed E-state index contributed by atoms with van der Waals surface area (Å²) in [7, 11) is 0. The van der Waals surface area contributed by atoms with Gasteiger partial charge in [0.25, 0.3) is 5.24 Å². The molecule has 0 radical (unpaired) electrons. The SMILES string of the molecule is CC(C)(C)OC(=O)N1CCC[C@@H]1C(=O)CN1C(=O)CSC1=O. The smallest absolute Gasteiger partial charge is 0.410 e. The Balaban J connectivity index is 2.00. The van der Waals surface area contributed by atoms with Gasteiger partial charge in [-0.3, -0.25) is 24.2 Å². The Kier molecular flexibility index (Phi) is 4.79. The average Bonchev–Trinajstić information content (AvgIpc) is 2.98. The van der Waals surface area contributed by atoms with Crippen molar-refractivity contribution in [1.29, 1.82) is 0 Å². The molecule has 0 bridgehead atoms. The zero-order chi connectivity index (χ0) is 16.5. The van der Waals surface area contributed by atoms with E-state index in [0.29, 0.717) is 19.4 Å². The van der Waals surface area contributed by atoms with Crippen LogP contribution in [-0.2, 0) is 14.3 Å². The number of imide groups is 1. The van der Waals surface area contributed by atoms with Gasteiger partial charge >= 0.3 is 6.09 Å². The number of likely N-dealkylation sites (tertiary alicyclic amines) is 1. The summed E-state index contributed by atoms with van der Waals surface area (Å²) in [6.45, 7) is 5.46. The van der Waals surface area contributed by atoms with Gasteiger partial charge in [-0.05, 0) is 33.6 Å². The maximum atomic E-state index is 12.4. The maximum absolute atomic E-state index is 12.4. The Hall–Kier alpha value is -1.57. The van der Waals surface area contributed by atoms with Gasteiger partial charge in [-0.2, -0.15) is 0 Å². The third-order valence-electron chi connectivity index (χ3n) is 3.41. The van der Waals surface area contributed by atoms with Crippen LogP contribution < -0.4 is 0 Å². The number of thioether (sulfide) groups is 1. The van der Waals surface area contributed by atoms with Crippen molar-refractivity contribution in [3.05, 3.63) is 0 Å². The molecule has 2 heterocycles. The third-order valence-corrected chi connectivity index (χ3v) is 4.27. The molecule has 2 aliphatic rings. The molecule has 0 N–H and O–H groups in total. The first-order chi connectivity index (χ1) is 10.2. The number of hydrogen-bond acceptors (Lipinski definition) is 6. The van der Waals surface area contributed by atoms with Gasteiger partial charge in [0.05, 0.1) is 18.3 Å². The number of ether oxygens (including phenoxy) is 1. The van der Waals surface area contributed by atoms with Crippen molar-refractivity contribution in [2.75, 3.05) is 18.8 Å². The van der Waals surface area contributed by atoms with Crippen LogP contribution in [0, 0.1) is 0 Å². The van der Waals surface area contributed by atoms with Gasteiger partial charge in [-0.1, -0.05) is 11.8 Å². The predicted octanol–water partition coefficient (Wildman–Crippen LogP) is 1.65. The van der Waals surface area contributed by atoms with E-state index in [1.54, 1.807) is 20.8 Å². The van der Waals surface area contributed by atoms with Crippen molar-refractivity contribution in [2.45, 2.75) is 45.3 Å². The minimum Gasteiger partial charge on any atom is -0.444 e. The second kappa shape index (κ2) is 6.28. The predicted molar refractivity (Wildman–Crippen MR) is 80.5 cm³/mol. The average molecular weight is 328 g/mol. The number of Topliss-reactive ketones (excluding diaryl/α,β-unsaturated/α-hetero) is 1. The third kappa shape index (κ3) is 3.79. The van der Waals surface area contributed by atoms with Gasteiger partial charge in [-0.25, -0.2) is 4.79 Å². The van der Waals surface area contributed by atoms with Gasteiger partial charge in [-0.15, -0.1) is 0 Å². The molecule has 2 aliphatic heterocycles. The zero-order valence-corrected chi connectivity index (χ0v) is 13.8. The van der Waals surface area contributed by atoms with Crippen LogP contribution in [-0.4, -0.2) is 63.3 Å². The van der Waals surface area contributed by atoms with Gasteiger partial charge < -0.3 is 4.74 Å². The molecule has 0 aromatic carbocycles. The van der Waals surface area contributed by atoms with E-state index in [4.69, 9.17) is 4.74 Å². The van der Waals surface area contributed by atoms with Crippen LogP contribution in [0.1, 0.15) is 33.6 Å². The van der Waals surface area contributed by atoms with Crippen LogP contribution in [0.3, 0.4) is 0 Å². The Bertz CT molecular complexity index is 498. The molecule has 2 rings (SSSR count). The molecule has 22 heavy (non-hydrogen) atoms. The molecular weight excluding hydrogens is 308 g/mol. The number of rotatable bonds is 3. The molecule has 122 valence electrons. The lowest BCUT2D eigenvalue weighted by molar-refractivity contribution is -0.131. The first kappa shape index (κ1) is 16.8. The van der Waals surface area contributed by atoms with Crippen LogP contribution in [0.5, 0.6) is 0 Å². The summed E-state index contributed by atoms with van der Waals surface area (Å²) >= 11 is 0.893. The normalized spacial score (nSPS) is 22.4. The Morgan fingerprint density at radius 3 is 2.55 bits per heavy atom. The zero-order valence-electron chi connectivity index (χ0n) is 13.0. The van der Waals surface area contributed by atoms with Gasteiger partial charge in [0, 0.05) is 6.54 Å². The van der Waals surface area contributed by atoms with Gasteiger partial charge in [0.2, 0.25) is 5.91 Å². The molecule has 0 aromatic heterocycles. The van der Waals surface area contributed by atoms with Crippen LogP contribution in [0.2, 0.25) is 0 Å². The van der Waals surface area contributed by atoms with Crippen molar-refractivity contribution in [2.24, 2.45) is 0 Å². The van der Waals surface area contributed by atoms with Gasteiger partial charge in [0.1, 0.15) is 5.60 Å². The molecule has 7 nitrogen and oxygen atoms in total. The topological polar surface area (TPSA) is 84.0 Å². The first-order valence-corrected chi connectivity index (χ1v) is 8.17. The Morgan fingerprint density at radius 2 is 2.00 bits per heavy atom.